The normalized spacial score (nSPS) is 11.2. The molecule has 0 bridgehead atoms. The summed E-state index contributed by atoms with van der Waals surface area (Å²) in [6, 6.07) is 21.0. The lowest BCUT2D eigenvalue weighted by atomic mass is 10.0. The molecule has 5 heteroatoms. The molecule has 26 heavy (non-hydrogen) atoms. The summed E-state index contributed by atoms with van der Waals surface area (Å²) in [5.41, 5.74) is 5.48. The highest BCUT2D eigenvalue weighted by atomic mass is 16.2. The van der Waals surface area contributed by atoms with Crippen LogP contribution in [0.15, 0.2) is 71.8 Å². The van der Waals surface area contributed by atoms with E-state index in [-0.39, 0.29) is 0 Å². The molecule has 3 rings (SSSR count). The van der Waals surface area contributed by atoms with Crippen molar-refractivity contribution in [2.45, 2.75) is 13.8 Å². The lowest BCUT2D eigenvalue weighted by molar-refractivity contribution is -0.136. The van der Waals surface area contributed by atoms with Gasteiger partial charge in [0.2, 0.25) is 0 Å². The van der Waals surface area contributed by atoms with E-state index in [4.69, 9.17) is 0 Å². The van der Waals surface area contributed by atoms with E-state index in [0.29, 0.717) is 11.4 Å². The highest BCUT2D eigenvalue weighted by Gasteiger charge is 2.13. The number of hydrogen-bond acceptors (Lipinski definition) is 3. The summed E-state index contributed by atoms with van der Waals surface area (Å²) in [5.74, 6) is -1.58. The third kappa shape index (κ3) is 3.95. The molecular weight excluding hydrogens is 326 g/mol. The van der Waals surface area contributed by atoms with Gasteiger partial charge in [0.1, 0.15) is 0 Å². The molecule has 0 spiro atoms. The lowest BCUT2D eigenvalue weighted by Gasteiger charge is -2.07. The molecule has 0 saturated heterocycles. The number of benzene rings is 3. The number of carbonyl (C=O) groups is 2. The van der Waals surface area contributed by atoms with Crippen LogP contribution in [-0.2, 0) is 9.59 Å². The third-order valence-electron chi connectivity index (χ3n) is 4.02. The predicted octanol–water partition coefficient (Wildman–Crippen LogP) is 3.63. The molecule has 2 N–H and O–H groups in total. The average Bonchev–Trinajstić information content (AvgIpc) is 2.67. The number of aryl methyl sites for hydroxylation is 1. The molecule has 0 unspecified atom stereocenters. The SMILES string of the molecule is C/C(=N\NC(=O)C(=O)Nc1ccc(C)cc1)c1cccc2ccccc12. The largest absolute Gasteiger partial charge is 0.329 e. The number of anilines is 1. The molecule has 3 aromatic rings. The number of nitrogens with zero attached hydrogens (tertiary/aromatic N) is 1. The van der Waals surface area contributed by atoms with Crippen molar-refractivity contribution in [1.29, 1.82) is 0 Å². The van der Waals surface area contributed by atoms with Crippen LogP contribution in [0.4, 0.5) is 5.69 Å². The topological polar surface area (TPSA) is 70.6 Å². The first kappa shape index (κ1) is 17.4. The van der Waals surface area contributed by atoms with Gasteiger partial charge in [0.25, 0.3) is 0 Å². The summed E-state index contributed by atoms with van der Waals surface area (Å²) >= 11 is 0. The number of hydrazone groups is 1. The molecule has 5 nitrogen and oxygen atoms in total. The van der Waals surface area contributed by atoms with Gasteiger partial charge in [0.15, 0.2) is 0 Å². The number of amides is 2. The highest BCUT2D eigenvalue weighted by Crippen LogP contribution is 2.19. The lowest BCUT2D eigenvalue weighted by Crippen LogP contribution is -2.32. The quantitative estimate of drug-likeness (QED) is 0.432. The van der Waals surface area contributed by atoms with Crippen molar-refractivity contribution in [3.63, 3.8) is 0 Å². The van der Waals surface area contributed by atoms with Crippen LogP contribution < -0.4 is 10.7 Å². The van der Waals surface area contributed by atoms with Crippen molar-refractivity contribution >= 4 is 34.0 Å². The molecule has 0 fully saturated rings. The zero-order chi connectivity index (χ0) is 18.5. The highest BCUT2D eigenvalue weighted by molar-refractivity contribution is 6.39. The summed E-state index contributed by atoms with van der Waals surface area (Å²) in [6.45, 7) is 3.74. The van der Waals surface area contributed by atoms with Crippen molar-refractivity contribution in [2.75, 3.05) is 5.32 Å². The monoisotopic (exact) mass is 345 g/mol. The average molecular weight is 345 g/mol. The summed E-state index contributed by atoms with van der Waals surface area (Å²) in [6.07, 6.45) is 0. The molecule has 130 valence electrons. The minimum atomic E-state index is -0.815. The molecule has 0 aliphatic rings. The Kier molecular flexibility index (Phi) is 5.08. The standard InChI is InChI=1S/C21H19N3O2/c1-14-10-12-17(13-11-14)22-20(25)21(26)24-23-15(2)18-9-5-7-16-6-3-4-8-19(16)18/h3-13H,1-2H3,(H,22,25)(H,24,26)/b23-15+. The van der Waals surface area contributed by atoms with Crippen LogP contribution >= 0.6 is 0 Å². The number of hydrogen-bond donors (Lipinski definition) is 2. The maximum Gasteiger partial charge on any atom is 0.329 e. The van der Waals surface area contributed by atoms with Gasteiger partial charge in [-0.1, -0.05) is 60.2 Å². The number of nitrogens with one attached hydrogen (secondary N) is 2. The van der Waals surface area contributed by atoms with E-state index < -0.39 is 11.8 Å². The second kappa shape index (κ2) is 7.61. The van der Waals surface area contributed by atoms with Gasteiger partial charge in [-0.15, -0.1) is 0 Å². The zero-order valence-corrected chi connectivity index (χ0v) is 14.6. The van der Waals surface area contributed by atoms with Crippen LogP contribution in [0.1, 0.15) is 18.1 Å². The summed E-state index contributed by atoms with van der Waals surface area (Å²) in [7, 11) is 0. The Morgan fingerprint density at radius 1 is 0.846 bits per heavy atom. The second-order valence-corrected chi connectivity index (χ2v) is 5.98. The smallest absolute Gasteiger partial charge is 0.318 e. The van der Waals surface area contributed by atoms with Crippen LogP contribution in [0.25, 0.3) is 10.8 Å². The molecular formula is C21H19N3O2. The third-order valence-corrected chi connectivity index (χ3v) is 4.02. The molecule has 0 saturated carbocycles. The van der Waals surface area contributed by atoms with Crippen molar-refractivity contribution in [3.8, 4) is 0 Å². The van der Waals surface area contributed by atoms with Gasteiger partial charge in [0.05, 0.1) is 5.71 Å². The van der Waals surface area contributed by atoms with Gasteiger partial charge in [-0.05, 0) is 36.8 Å². The minimum Gasteiger partial charge on any atom is -0.318 e. The zero-order valence-electron chi connectivity index (χ0n) is 14.6. The molecule has 3 aromatic carbocycles. The van der Waals surface area contributed by atoms with E-state index in [0.717, 1.165) is 21.9 Å². The molecule has 0 radical (unpaired) electrons. The maximum atomic E-state index is 12.0. The van der Waals surface area contributed by atoms with Gasteiger partial charge >= 0.3 is 11.8 Å². The van der Waals surface area contributed by atoms with Crippen LogP contribution in [0.3, 0.4) is 0 Å². The molecule has 0 aliphatic heterocycles. The van der Waals surface area contributed by atoms with E-state index >= 15 is 0 Å². The molecule has 0 aliphatic carbocycles. The first-order valence-corrected chi connectivity index (χ1v) is 8.25. The van der Waals surface area contributed by atoms with E-state index in [1.807, 2.05) is 61.5 Å². The Labute approximate surface area is 151 Å². The Balaban J connectivity index is 1.70. The molecule has 2 amide bonds. The fourth-order valence-electron chi connectivity index (χ4n) is 2.61. The number of rotatable bonds is 3. The first-order chi connectivity index (χ1) is 12.5. The van der Waals surface area contributed by atoms with Crippen LogP contribution in [0.5, 0.6) is 0 Å². The van der Waals surface area contributed by atoms with Gasteiger partial charge in [-0.3, -0.25) is 9.59 Å². The van der Waals surface area contributed by atoms with E-state index in [9.17, 15) is 9.59 Å². The van der Waals surface area contributed by atoms with Crippen molar-refractivity contribution in [2.24, 2.45) is 5.10 Å². The van der Waals surface area contributed by atoms with Gasteiger partial charge in [-0.2, -0.15) is 5.10 Å². The van der Waals surface area contributed by atoms with Crippen LogP contribution in [-0.4, -0.2) is 17.5 Å². The Morgan fingerprint density at radius 2 is 1.54 bits per heavy atom. The summed E-state index contributed by atoms with van der Waals surface area (Å²) in [4.78, 5) is 23.9. The van der Waals surface area contributed by atoms with Crippen molar-refractivity contribution in [1.82, 2.24) is 5.43 Å². The first-order valence-electron chi connectivity index (χ1n) is 8.25. The van der Waals surface area contributed by atoms with Crippen molar-refractivity contribution in [3.05, 3.63) is 77.9 Å². The maximum absolute atomic E-state index is 12.0. The fraction of sp³-hybridized carbons (Fsp3) is 0.0952. The van der Waals surface area contributed by atoms with Crippen molar-refractivity contribution < 1.29 is 9.59 Å². The molecule has 0 aromatic heterocycles. The number of carbonyl (C=O) groups excluding carboxylic acids is 2. The summed E-state index contributed by atoms with van der Waals surface area (Å²) in [5, 5.41) is 8.74. The van der Waals surface area contributed by atoms with Gasteiger partial charge < -0.3 is 5.32 Å². The predicted molar refractivity (Wildman–Crippen MR) is 104 cm³/mol. The Morgan fingerprint density at radius 3 is 2.31 bits per heavy atom. The Hall–Kier alpha value is -3.47. The van der Waals surface area contributed by atoms with Gasteiger partial charge in [-0.25, -0.2) is 5.43 Å². The molecule has 0 heterocycles. The molecule has 0 atom stereocenters. The van der Waals surface area contributed by atoms with E-state index in [1.54, 1.807) is 19.1 Å². The summed E-state index contributed by atoms with van der Waals surface area (Å²) < 4.78 is 0. The van der Waals surface area contributed by atoms with E-state index in [2.05, 4.69) is 15.8 Å². The number of fused-ring (bicyclic) bond motifs is 1. The minimum absolute atomic E-state index is 0.561. The van der Waals surface area contributed by atoms with E-state index in [1.165, 1.54) is 0 Å². The van der Waals surface area contributed by atoms with Crippen LogP contribution in [0.2, 0.25) is 0 Å². The van der Waals surface area contributed by atoms with Gasteiger partial charge in [0, 0.05) is 11.3 Å². The Bertz CT molecular complexity index is 986. The van der Waals surface area contributed by atoms with Crippen LogP contribution in [0, 0.1) is 6.92 Å². The fourth-order valence-corrected chi connectivity index (χ4v) is 2.61. The second-order valence-electron chi connectivity index (χ2n) is 5.98.